The largest absolute Gasteiger partial charge is 0.411 e. The topological polar surface area (TPSA) is 49.7 Å². The summed E-state index contributed by atoms with van der Waals surface area (Å²) in [7, 11) is 0. The Hall–Kier alpha value is -0.860. The van der Waals surface area contributed by atoms with Crippen molar-refractivity contribution in [1.82, 2.24) is 0 Å². The first-order valence-corrected chi connectivity index (χ1v) is 4.88. The van der Waals surface area contributed by atoms with Gasteiger partial charge < -0.3 is 5.21 Å². The standard InChI is InChI=1S/C10H17NO2/c1-7-3-5-9(6-4-7)10(12)8(2)11-13/h7,9,13H,3-6H2,1-2H3/b11-8+. The molecule has 1 rings (SSSR count). The van der Waals surface area contributed by atoms with Crippen molar-refractivity contribution in [3.63, 3.8) is 0 Å². The second-order valence-corrected chi connectivity index (χ2v) is 4.01. The Bertz CT molecular complexity index is 215. The van der Waals surface area contributed by atoms with Crippen molar-refractivity contribution in [1.29, 1.82) is 0 Å². The van der Waals surface area contributed by atoms with Crippen molar-refractivity contribution in [2.75, 3.05) is 0 Å². The lowest BCUT2D eigenvalue weighted by Crippen LogP contribution is -2.25. The molecular weight excluding hydrogens is 166 g/mol. The van der Waals surface area contributed by atoms with Crippen molar-refractivity contribution in [2.24, 2.45) is 17.0 Å². The van der Waals surface area contributed by atoms with E-state index in [1.807, 2.05) is 0 Å². The normalized spacial score (nSPS) is 30.2. The van der Waals surface area contributed by atoms with Crippen LogP contribution in [0.3, 0.4) is 0 Å². The lowest BCUT2D eigenvalue weighted by molar-refractivity contribution is -0.117. The van der Waals surface area contributed by atoms with E-state index in [1.165, 1.54) is 0 Å². The number of ketones is 1. The van der Waals surface area contributed by atoms with E-state index in [0.717, 1.165) is 31.6 Å². The highest BCUT2D eigenvalue weighted by Gasteiger charge is 2.25. The first-order chi connectivity index (χ1) is 6.15. The van der Waals surface area contributed by atoms with Gasteiger partial charge in [-0.15, -0.1) is 0 Å². The van der Waals surface area contributed by atoms with Crippen molar-refractivity contribution < 1.29 is 10.0 Å². The smallest absolute Gasteiger partial charge is 0.183 e. The molecule has 0 heterocycles. The number of Topliss-reactive ketones (excluding diaryl/α,β-unsaturated/α-hetero) is 1. The first kappa shape index (κ1) is 10.2. The highest BCUT2D eigenvalue weighted by Crippen LogP contribution is 2.28. The van der Waals surface area contributed by atoms with Crippen LogP contribution in [-0.2, 0) is 4.79 Å². The fraction of sp³-hybridized carbons (Fsp3) is 0.800. The minimum atomic E-state index is 0.0226. The molecule has 0 aliphatic heterocycles. The van der Waals surface area contributed by atoms with Crippen LogP contribution < -0.4 is 0 Å². The van der Waals surface area contributed by atoms with Gasteiger partial charge in [-0.25, -0.2) is 0 Å². The molecule has 1 fully saturated rings. The van der Waals surface area contributed by atoms with Crippen LogP contribution in [0.15, 0.2) is 5.16 Å². The van der Waals surface area contributed by atoms with Gasteiger partial charge in [-0.3, -0.25) is 4.79 Å². The summed E-state index contributed by atoms with van der Waals surface area (Å²) in [5, 5.41) is 11.4. The molecule has 0 radical (unpaired) electrons. The Balaban J connectivity index is 2.50. The number of carbonyl (C=O) groups is 1. The third-order valence-corrected chi connectivity index (χ3v) is 2.89. The number of oxime groups is 1. The predicted octanol–water partition coefficient (Wildman–Crippen LogP) is 2.23. The highest BCUT2D eigenvalue weighted by molar-refractivity contribution is 6.39. The summed E-state index contributed by atoms with van der Waals surface area (Å²) in [5.74, 6) is 0.872. The van der Waals surface area contributed by atoms with Crippen LogP contribution in [0.4, 0.5) is 0 Å². The lowest BCUT2D eigenvalue weighted by atomic mass is 9.80. The van der Waals surface area contributed by atoms with E-state index in [2.05, 4.69) is 12.1 Å². The van der Waals surface area contributed by atoms with Crippen LogP contribution in [0, 0.1) is 11.8 Å². The number of hydrogen-bond donors (Lipinski definition) is 1. The molecule has 1 aliphatic rings. The van der Waals surface area contributed by atoms with E-state index in [0.29, 0.717) is 0 Å². The van der Waals surface area contributed by atoms with E-state index in [1.54, 1.807) is 6.92 Å². The van der Waals surface area contributed by atoms with Gasteiger partial charge in [0.2, 0.25) is 0 Å². The van der Waals surface area contributed by atoms with E-state index in [9.17, 15) is 4.79 Å². The van der Waals surface area contributed by atoms with Gasteiger partial charge in [0.05, 0.1) is 0 Å². The van der Waals surface area contributed by atoms with Gasteiger partial charge in [-0.2, -0.15) is 0 Å². The van der Waals surface area contributed by atoms with Gasteiger partial charge >= 0.3 is 0 Å². The quantitative estimate of drug-likeness (QED) is 0.405. The number of carbonyl (C=O) groups excluding carboxylic acids is 1. The molecule has 1 saturated carbocycles. The molecule has 0 bridgehead atoms. The van der Waals surface area contributed by atoms with E-state index >= 15 is 0 Å². The maximum atomic E-state index is 11.5. The lowest BCUT2D eigenvalue weighted by Gasteiger charge is -2.24. The maximum absolute atomic E-state index is 11.5. The molecule has 13 heavy (non-hydrogen) atoms. The summed E-state index contributed by atoms with van der Waals surface area (Å²) in [6.45, 7) is 3.79. The molecule has 0 amide bonds. The fourth-order valence-electron chi connectivity index (χ4n) is 1.87. The zero-order chi connectivity index (χ0) is 9.84. The molecular formula is C10H17NO2. The Labute approximate surface area is 78.8 Å². The number of rotatable bonds is 2. The molecule has 0 atom stereocenters. The average Bonchev–Trinajstić information content (AvgIpc) is 2.17. The number of nitrogens with zero attached hydrogens (tertiary/aromatic N) is 1. The molecule has 0 spiro atoms. The third kappa shape index (κ3) is 2.54. The van der Waals surface area contributed by atoms with E-state index in [4.69, 9.17) is 5.21 Å². The predicted molar refractivity (Wildman–Crippen MR) is 51.0 cm³/mol. The second-order valence-electron chi connectivity index (χ2n) is 4.01. The molecule has 3 heteroatoms. The van der Waals surface area contributed by atoms with Gasteiger partial charge in [0.25, 0.3) is 0 Å². The Morgan fingerprint density at radius 2 is 1.85 bits per heavy atom. The zero-order valence-corrected chi connectivity index (χ0v) is 8.29. The second kappa shape index (κ2) is 4.40. The minimum absolute atomic E-state index is 0.0226. The van der Waals surface area contributed by atoms with Crippen LogP contribution in [-0.4, -0.2) is 16.7 Å². The third-order valence-electron chi connectivity index (χ3n) is 2.89. The van der Waals surface area contributed by atoms with Gasteiger partial charge in [0, 0.05) is 5.92 Å². The SMILES string of the molecule is C/C(=N\O)C(=O)C1CCC(C)CC1. The average molecular weight is 183 g/mol. The van der Waals surface area contributed by atoms with Gasteiger partial charge in [-0.1, -0.05) is 24.9 Å². The summed E-state index contributed by atoms with van der Waals surface area (Å²) in [6.07, 6.45) is 4.14. The highest BCUT2D eigenvalue weighted by atomic mass is 16.4. The molecule has 3 nitrogen and oxygen atoms in total. The van der Waals surface area contributed by atoms with E-state index in [-0.39, 0.29) is 17.4 Å². The van der Waals surface area contributed by atoms with Crippen LogP contribution >= 0.6 is 0 Å². The Morgan fingerprint density at radius 1 is 1.31 bits per heavy atom. The van der Waals surface area contributed by atoms with Crippen molar-refractivity contribution >= 4 is 11.5 Å². The summed E-state index contributed by atoms with van der Waals surface area (Å²) in [6, 6.07) is 0. The molecule has 0 unspecified atom stereocenters. The first-order valence-electron chi connectivity index (χ1n) is 4.88. The number of hydrogen-bond acceptors (Lipinski definition) is 3. The summed E-state index contributed by atoms with van der Waals surface area (Å²) in [5.41, 5.74) is 0.250. The fourth-order valence-corrected chi connectivity index (χ4v) is 1.87. The molecule has 74 valence electrons. The summed E-state index contributed by atoms with van der Waals surface area (Å²) in [4.78, 5) is 11.5. The van der Waals surface area contributed by atoms with Gasteiger partial charge in [0.1, 0.15) is 5.71 Å². The van der Waals surface area contributed by atoms with Crippen LogP contribution in [0.25, 0.3) is 0 Å². The molecule has 0 aromatic rings. The van der Waals surface area contributed by atoms with Crippen molar-refractivity contribution in [3.8, 4) is 0 Å². The van der Waals surface area contributed by atoms with Gasteiger partial charge in [-0.05, 0) is 25.7 Å². The van der Waals surface area contributed by atoms with Crippen LogP contribution in [0.2, 0.25) is 0 Å². The minimum Gasteiger partial charge on any atom is -0.411 e. The van der Waals surface area contributed by atoms with Crippen molar-refractivity contribution in [3.05, 3.63) is 0 Å². The monoisotopic (exact) mass is 183 g/mol. The molecule has 1 N–H and O–H groups in total. The molecule has 0 saturated heterocycles. The summed E-state index contributed by atoms with van der Waals surface area (Å²) < 4.78 is 0. The molecule has 0 aromatic heterocycles. The zero-order valence-electron chi connectivity index (χ0n) is 8.29. The van der Waals surface area contributed by atoms with Gasteiger partial charge in [0.15, 0.2) is 5.78 Å². The maximum Gasteiger partial charge on any atom is 0.183 e. The van der Waals surface area contributed by atoms with E-state index < -0.39 is 0 Å². The Kier molecular flexibility index (Phi) is 3.46. The summed E-state index contributed by atoms with van der Waals surface area (Å²) >= 11 is 0. The Morgan fingerprint density at radius 3 is 2.31 bits per heavy atom. The molecule has 1 aliphatic carbocycles. The molecule has 0 aromatic carbocycles. The van der Waals surface area contributed by atoms with Crippen molar-refractivity contribution in [2.45, 2.75) is 39.5 Å². The van der Waals surface area contributed by atoms with Crippen LogP contribution in [0.1, 0.15) is 39.5 Å². The van der Waals surface area contributed by atoms with Crippen LogP contribution in [0.5, 0.6) is 0 Å².